The maximum Gasteiger partial charge on any atom is 0.264 e. The smallest absolute Gasteiger partial charge is 0.264 e. The average Bonchev–Trinajstić information content (AvgIpc) is 3.06. The number of ether oxygens (including phenoxy) is 1. The molecule has 33 heavy (non-hydrogen) atoms. The molecular formula is C24H30N4O5. The Morgan fingerprint density at radius 1 is 0.879 bits per heavy atom. The number of benzene rings is 1. The van der Waals surface area contributed by atoms with Gasteiger partial charge in [0.25, 0.3) is 11.8 Å². The molecule has 1 aromatic rings. The van der Waals surface area contributed by atoms with Crippen molar-refractivity contribution in [2.75, 3.05) is 18.0 Å². The van der Waals surface area contributed by atoms with E-state index in [2.05, 4.69) is 10.2 Å². The van der Waals surface area contributed by atoms with Gasteiger partial charge >= 0.3 is 0 Å². The third-order valence-electron chi connectivity index (χ3n) is 7.33. The molecule has 9 nitrogen and oxygen atoms in total. The van der Waals surface area contributed by atoms with Crippen molar-refractivity contribution in [2.24, 2.45) is 5.73 Å². The predicted molar refractivity (Wildman–Crippen MR) is 120 cm³/mol. The molecule has 1 unspecified atom stereocenters. The number of piperidine rings is 2. The fourth-order valence-electron chi connectivity index (χ4n) is 5.49. The largest absolute Gasteiger partial charge is 0.375 e. The van der Waals surface area contributed by atoms with Crippen molar-refractivity contribution in [1.82, 2.24) is 10.2 Å². The molecule has 0 radical (unpaired) electrons. The Bertz CT molecular complexity index is 979. The molecular weight excluding hydrogens is 424 g/mol. The fourth-order valence-corrected chi connectivity index (χ4v) is 5.49. The van der Waals surface area contributed by atoms with Crippen molar-refractivity contribution in [1.29, 1.82) is 0 Å². The average molecular weight is 455 g/mol. The van der Waals surface area contributed by atoms with E-state index in [-0.39, 0.29) is 31.0 Å². The van der Waals surface area contributed by atoms with E-state index in [0.717, 1.165) is 62.2 Å². The number of amides is 4. The van der Waals surface area contributed by atoms with E-state index in [4.69, 9.17) is 10.5 Å². The second-order valence-corrected chi connectivity index (χ2v) is 9.51. The van der Waals surface area contributed by atoms with Crippen molar-refractivity contribution in [3.05, 3.63) is 29.3 Å². The Kier molecular flexibility index (Phi) is 5.92. The molecule has 1 atom stereocenters. The first-order chi connectivity index (χ1) is 15.9. The summed E-state index contributed by atoms with van der Waals surface area (Å²) in [5.41, 5.74) is 7.39. The van der Waals surface area contributed by atoms with Gasteiger partial charge in [-0.1, -0.05) is 6.07 Å². The summed E-state index contributed by atoms with van der Waals surface area (Å²) in [4.78, 5) is 53.4. The molecule has 0 spiro atoms. The highest BCUT2D eigenvalue weighted by Crippen LogP contribution is 2.35. The van der Waals surface area contributed by atoms with Crippen molar-refractivity contribution in [3.63, 3.8) is 0 Å². The summed E-state index contributed by atoms with van der Waals surface area (Å²) in [7, 11) is 0. The zero-order chi connectivity index (χ0) is 23.1. The molecule has 0 bridgehead atoms. The number of hydrogen-bond donors (Lipinski definition) is 2. The van der Waals surface area contributed by atoms with Crippen molar-refractivity contribution < 1.29 is 23.9 Å². The predicted octanol–water partition coefficient (Wildman–Crippen LogP) is 1.34. The monoisotopic (exact) mass is 454 g/mol. The van der Waals surface area contributed by atoms with E-state index >= 15 is 0 Å². The number of nitrogens with one attached hydrogen (secondary N) is 1. The van der Waals surface area contributed by atoms with Crippen LogP contribution in [0.4, 0.5) is 5.69 Å². The number of anilines is 1. The third kappa shape index (κ3) is 4.15. The Morgan fingerprint density at radius 3 is 2.27 bits per heavy atom. The summed E-state index contributed by atoms with van der Waals surface area (Å²) in [5.74, 6) is -1.91. The number of carbonyl (C=O) groups is 4. The van der Waals surface area contributed by atoms with Crippen LogP contribution in [0.25, 0.3) is 0 Å². The minimum Gasteiger partial charge on any atom is -0.375 e. The molecule has 3 N–H and O–H groups in total. The summed E-state index contributed by atoms with van der Waals surface area (Å²) in [6, 6.07) is 4.62. The lowest BCUT2D eigenvalue weighted by atomic mass is 9.93. The summed E-state index contributed by atoms with van der Waals surface area (Å²) in [6.07, 6.45) is 6.49. The van der Waals surface area contributed by atoms with Crippen LogP contribution in [0, 0.1) is 0 Å². The third-order valence-corrected chi connectivity index (χ3v) is 7.33. The van der Waals surface area contributed by atoms with Gasteiger partial charge in [-0.25, -0.2) is 0 Å². The van der Waals surface area contributed by atoms with Crippen LogP contribution in [0.2, 0.25) is 0 Å². The molecule has 4 aliphatic rings. The van der Waals surface area contributed by atoms with Crippen LogP contribution in [0.15, 0.2) is 18.2 Å². The molecule has 0 aromatic heterocycles. The van der Waals surface area contributed by atoms with Gasteiger partial charge in [0.2, 0.25) is 11.8 Å². The van der Waals surface area contributed by atoms with Crippen LogP contribution < -0.4 is 16.0 Å². The molecule has 1 aromatic carbocycles. The standard InChI is InChI=1S/C24H30N4O5/c25-14-4-6-15(7-5-14)33-16-10-12-27(13-11-16)18-3-1-2-17-21(18)24(32)28(23(17)31)19-8-9-20(29)26-22(19)30/h1-3,14-16,19H,4-13,25H2,(H,26,29,30). The summed E-state index contributed by atoms with van der Waals surface area (Å²) < 4.78 is 6.33. The highest BCUT2D eigenvalue weighted by Gasteiger charge is 2.46. The van der Waals surface area contributed by atoms with E-state index in [1.165, 1.54) is 0 Å². The van der Waals surface area contributed by atoms with Crippen LogP contribution in [0.5, 0.6) is 0 Å². The number of imide groups is 2. The Morgan fingerprint density at radius 2 is 1.58 bits per heavy atom. The van der Waals surface area contributed by atoms with E-state index in [0.29, 0.717) is 17.2 Å². The van der Waals surface area contributed by atoms with Gasteiger partial charge in [-0.05, 0) is 57.1 Å². The van der Waals surface area contributed by atoms with Crippen LogP contribution in [-0.2, 0) is 14.3 Å². The van der Waals surface area contributed by atoms with Gasteiger partial charge in [0.1, 0.15) is 6.04 Å². The molecule has 3 heterocycles. The van der Waals surface area contributed by atoms with Gasteiger partial charge in [0, 0.05) is 25.6 Å². The lowest BCUT2D eigenvalue weighted by Gasteiger charge is -2.37. The van der Waals surface area contributed by atoms with Crippen LogP contribution >= 0.6 is 0 Å². The second-order valence-electron chi connectivity index (χ2n) is 9.51. The molecule has 5 rings (SSSR count). The maximum absolute atomic E-state index is 13.3. The number of rotatable bonds is 4. The first-order valence-electron chi connectivity index (χ1n) is 11.9. The summed E-state index contributed by atoms with van der Waals surface area (Å²) in [6.45, 7) is 1.46. The van der Waals surface area contributed by atoms with Gasteiger partial charge < -0.3 is 15.4 Å². The normalized spacial score (nSPS) is 28.8. The second kappa shape index (κ2) is 8.87. The first kappa shape index (κ1) is 22.0. The number of nitrogens with two attached hydrogens (primary N) is 1. The zero-order valence-corrected chi connectivity index (χ0v) is 18.6. The quantitative estimate of drug-likeness (QED) is 0.659. The van der Waals surface area contributed by atoms with Crippen LogP contribution in [-0.4, -0.2) is 65.9 Å². The van der Waals surface area contributed by atoms with Crippen molar-refractivity contribution >= 4 is 29.3 Å². The number of hydrogen-bond acceptors (Lipinski definition) is 7. The van der Waals surface area contributed by atoms with Crippen LogP contribution in [0.1, 0.15) is 72.1 Å². The van der Waals surface area contributed by atoms with E-state index in [1.54, 1.807) is 12.1 Å². The maximum atomic E-state index is 13.3. The summed E-state index contributed by atoms with van der Waals surface area (Å²) in [5, 5.41) is 2.24. The Labute approximate surface area is 192 Å². The van der Waals surface area contributed by atoms with E-state index < -0.39 is 23.8 Å². The van der Waals surface area contributed by atoms with Gasteiger partial charge in [0.15, 0.2) is 0 Å². The number of carbonyl (C=O) groups excluding carboxylic acids is 4. The molecule has 2 saturated heterocycles. The molecule has 9 heteroatoms. The first-order valence-corrected chi connectivity index (χ1v) is 11.9. The SMILES string of the molecule is NC1CCC(OC2CCN(c3cccc4c3C(=O)N(C3CCC(=O)NC3=O)C4=O)CC2)CC1. The fraction of sp³-hybridized carbons (Fsp3) is 0.583. The van der Waals surface area contributed by atoms with E-state index in [9.17, 15) is 19.2 Å². The van der Waals surface area contributed by atoms with Gasteiger partial charge in [-0.15, -0.1) is 0 Å². The zero-order valence-electron chi connectivity index (χ0n) is 18.6. The van der Waals surface area contributed by atoms with Gasteiger partial charge in [-0.3, -0.25) is 29.4 Å². The molecule has 4 amide bonds. The molecule has 3 aliphatic heterocycles. The Hall–Kier alpha value is -2.78. The van der Waals surface area contributed by atoms with Crippen molar-refractivity contribution in [2.45, 2.75) is 75.7 Å². The summed E-state index contributed by atoms with van der Waals surface area (Å²) >= 11 is 0. The minimum atomic E-state index is -0.953. The van der Waals surface area contributed by atoms with Crippen molar-refractivity contribution in [3.8, 4) is 0 Å². The highest BCUT2D eigenvalue weighted by atomic mass is 16.5. The number of nitrogens with zero attached hydrogens (tertiary/aromatic N) is 2. The number of fused-ring (bicyclic) bond motifs is 1. The topological polar surface area (TPSA) is 122 Å². The van der Waals surface area contributed by atoms with E-state index in [1.807, 2.05) is 6.07 Å². The lowest BCUT2D eigenvalue weighted by molar-refractivity contribution is -0.136. The van der Waals surface area contributed by atoms with Gasteiger partial charge in [0.05, 0.1) is 29.0 Å². The Balaban J connectivity index is 1.28. The lowest BCUT2D eigenvalue weighted by Crippen LogP contribution is -2.54. The highest BCUT2D eigenvalue weighted by molar-refractivity contribution is 6.25. The minimum absolute atomic E-state index is 0.108. The van der Waals surface area contributed by atoms with Crippen LogP contribution in [0.3, 0.4) is 0 Å². The molecule has 3 fully saturated rings. The molecule has 176 valence electrons. The molecule has 1 saturated carbocycles. The van der Waals surface area contributed by atoms with Gasteiger partial charge in [-0.2, -0.15) is 0 Å². The molecule has 1 aliphatic carbocycles.